The molecule has 1 aliphatic carbocycles. The molecule has 6 nitrogen and oxygen atoms in total. The van der Waals surface area contributed by atoms with Gasteiger partial charge in [0.15, 0.2) is 0 Å². The quantitative estimate of drug-likeness (QED) is 0.628. The van der Waals surface area contributed by atoms with Crippen LogP contribution in [0.2, 0.25) is 0 Å². The minimum Gasteiger partial charge on any atom is -0.496 e. The fraction of sp³-hybridized carbons (Fsp3) is 0.538. The van der Waals surface area contributed by atoms with Crippen LogP contribution in [-0.4, -0.2) is 31.3 Å². The van der Waals surface area contributed by atoms with Crippen LogP contribution in [0, 0.1) is 10.1 Å². The van der Waals surface area contributed by atoms with Crippen molar-refractivity contribution in [2.45, 2.75) is 31.5 Å². The van der Waals surface area contributed by atoms with E-state index in [9.17, 15) is 10.1 Å². The van der Waals surface area contributed by atoms with Crippen LogP contribution >= 0.6 is 0 Å². The van der Waals surface area contributed by atoms with Gasteiger partial charge in [0.1, 0.15) is 5.75 Å². The first-order chi connectivity index (χ1) is 9.13. The molecular formula is C13H18N2O4. The van der Waals surface area contributed by atoms with Crippen LogP contribution in [0.15, 0.2) is 18.2 Å². The van der Waals surface area contributed by atoms with Crippen molar-refractivity contribution in [3.63, 3.8) is 0 Å². The summed E-state index contributed by atoms with van der Waals surface area (Å²) in [6, 6.07) is 5.05. The smallest absolute Gasteiger partial charge is 0.270 e. The summed E-state index contributed by atoms with van der Waals surface area (Å²) in [5.74, 6) is 0.667. The molecule has 0 atom stereocenters. The average molecular weight is 266 g/mol. The molecule has 1 aliphatic rings. The van der Waals surface area contributed by atoms with Gasteiger partial charge in [-0.05, 0) is 18.9 Å². The number of nitrogens with one attached hydrogen (secondary N) is 1. The highest BCUT2D eigenvalue weighted by molar-refractivity contribution is 5.43. The van der Waals surface area contributed by atoms with Crippen LogP contribution in [0.4, 0.5) is 5.69 Å². The first-order valence-electron chi connectivity index (χ1n) is 6.21. The molecule has 0 bridgehead atoms. The third-order valence-corrected chi connectivity index (χ3v) is 3.48. The molecule has 0 saturated heterocycles. The minimum atomic E-state index is -0.396. The molecule has 104 valence electrons. The molecule has 0 aromatic heterocycles. The summed E-state index contributed by atoms with van der Waals surface area (Å²) in [4.78, 5) is 10.4. The first kappa shape index (κ1) is 13.8. The lowest BCUT2D eigenvalue weighted by Crippen LogP contribution is -2.44. The number of benzene rings is 1. The maximum absolute atomic E-state index is 10.8. The predicted molar refractivity (Wildman–Crippen MR) is 70.3 cm³/mol. The Bertz CT molecular complexity index is 458. The molecule has 0 aliphatic heterocycles. The van der Waals surface area contributed by atoms with Gasteiger partial charge in [-0.2, -0.15) is 0 Å². The molecule has 0 radical (unpaired) electrons. The fourth-order valence-corrected chi connectivity index (χ4v) is 2.20. The minimum absolute atomic E-state index is 0.0842. The predicted octanol–water partition coefficient (Wildman–Crippen LogP) is 1.87. The number of methoxy groups -OCH3 is 2. The van der Waals surface area contributed by atoms with Crippen LogP contribution in [0.3, 0.4) is 0 Å². The van der Waals surface area contributed by atoms with Crippen molar-refractivity contribution in [2.24, 2.45) is 0 Å². The van der Waals surface area contributed by atoms with Gasteiger partial charge >= 0.3 is 0 Å². The first-order valence-corrected chi connectivity index (χ1v) is 6.21. The molecule has 2 rings (SSSR count). The summed E-state index contributed by atoms with van der Waals surface area (Å²) in [6.45, 7) is 0.561. The molecule has 19 heavy (non-hydrogen) atoms. The molecular weight excluding hydrogens is 248 g/mol. The molecule has 6 heteroatoms. The number of nitro benzene ring substituents is 1. The van der Waals surface area contributed by atoms with Gasteiger partial charge in [-0.15, -0.1) is 0 Å². The highest BCUT2D eigenvalue weighted by atomic mass is 16.6. The van der Waals surface area contributed by atoms with Gasteiger partial charge in [-0.3, -0.25) is 10.1 Å². The maximum atomic E-state index is 10.8. The molecule has 1 saturated carbocycles. The zero-order valence-electron chi connectivity index (χ0n) is 11.1. The SMILES string of the molecule is COc1ccc([N+](=O)[O-])cc1CNC1CC(OC)C1. The van der Waals surface area contributed by atoms with Crippen LogP contribution in [0.25, 0.3) is 0 Å². The average Bonchev–Trinajstić information content (AvgIpc) is 2.36. The number of hydrogen-bond donors (Lipinski definition) is 1. The second kappa shape index (κ2) is 5.99. The second-order valence-corrected chi connectivity index (χ2v) is 4.66. The zero-order valence-corrected chi connectivity index (χ0v) is 11.1. The summed E-state index contributed by atoms with van der Waals surface area (Å²) in [7, 11) is 3.28. The van der Waals surface area contributed by atoms with E-state index in [1.165, 1.54) is 6.07 Å². The van der Waals surface area contributed by atoms with E-state index in [0.29, 0.717) is 24.4 Å². The topological polar surface area (TPSA) is 73.6 Å². The van der Waals surface area contributed by atoms with Gasteiger partial charge in [-0.25, -0.2) is 0 Å². The normalized spacial score (nSPS) is 21.8. The molecule has 1 aromatic rings. The van der Waals surface area contributed by atoms with Crippen molar-refractivity contribution in [1.82, 2.24) is 5.32 Å². The number of hydrogen-bond acceptors (Lipinski definition) is 5. The van der Waals surface area contributed by atoms with Crippen LogP contribution < -0.4 is 10.1 Å². The van der Waals surface area contributed by atoms with Crippen LogP contribution in [-0.2, 0) is 11.3 Å². The Morgan fingerprint density at radius 2 is 2.16 bits per heavy atom. The highest BCUT2D eigenvalue weighted by Gasteiger charge is 2.28. The standard InChI is InChI=1S/C13H18N2O4/c1-18-12-6-10(7-12)14-8-9-5-11(15(16)17)3-4-13(9)19-2/h3-5,10,12,14H,6-8H2,1-2H3. The summed E-state index contributed by atoms with van der Waals surface area (Å²) in [6.07, 6.45) is 2.30. The Balaban J connectivity index is 1.98. The summed E-state index contributed by atoms with van der Waals surface area (Å²) < 4.78 is 10.4. The van der Waals surface area contributed by atoms with Gasteiger partial charge in [0.05, 0.1) is 18.1 Å². The van der Waals surface area contributed by atoms with E-state index in [1.54, 1.807) is 26.4 Å². The van der Waals surface area contributed by atoms with Gasteiger partial charge in [0.25, 0.3) is 5.69 Å². The Morgan fingerprint density at radius 3 is 2.74 bits per heavy atom. The van der Waals surface area contributed by atoms with Gasteiger partial charge in [0.2, 0.25) is 0 Å². The van der Waals surface area contributed by atoms with Crippen molar-refractivity contribution in [2.75, 3.05) is 14.2 Å². The molecule has 0 unspecified atom stereocenters. The lowest BCUT2D eigenvalue weighted by molar-refractivity contribution is -0.384. The van der Waals surface area contributed by atoms with Crippen molar-refractivity contribution in [3.8, 4) is 5.75 Å². The van der Waals surface area contributed by atoms with Crippen molar-refractivity contribution in [1.29, 1.82) is 0 Å². The highest BCUT2D eigenvalue weighted by Crippen LogP contribution is 2.26. The molecule has 1 fully saturated rings. The fourth-order valence-electron chi connectivity index (χ4n) is 2.20. The van der Waals surface area contributed by atoms with E-state index in [0.717, 1.165) is 18.4 Å². The number of nitro groups is 1. The monoisotopic (exact) mass is 266 g/mol. The number of nitrogens with zero attached hydrogens (tertiary/aromatic N) is 1. The van der Waals surface area contributed by atoms with E-state index in [-0.39, 0.29) is 5.69 Å². The van der Waals surface area contributed by atoms with Crippen molar-refractivity contribution in [3.05, 3.63) is 33.9 Å². The van der Waals surface area contributed by atoms with E-state index in [1.807, 2.05) is 0 Å². The largest absolute Gasteiger partial charge is 0.496 e. The molecule has 0 spiro atoms. The molecule has 0 amide bonds. The van der Waals surface area contributed by atoms with E-state index in [4.69, 9.17) is 9.47 Å². The van der Waals surface area contributed by atoms with Crippen molar-refractivity contribution >= 4 is 5.69 Å². The third kappa shape index (κ3) is 3.21. The van der Waals surface area contributed by atoms with Crippen LogP contribution in [0.5, 0.6) is 5.75 Å². The lowest BCUT2D eigenvalue weighted by Gasteiger charge is -2.34. The van der Waals surface area contributed by atoms with E-state index in [2.05, 4.69) is 5.32 Å². The van der Waals surface area contributed by atoms with Gasteiger partial charge < -0.3 is 14.8 Å². The summed E-state index contributed by atoms with van der Waals surface area (Å²) in [5.41, 5.74) is 0.888. The van der Waals surface area contributed by atoms with E-state index < -0.39 is 4.92 Å². The van der Waals surface area contributed by atoms with Crippen molar-refractivity contribution < 1.29 is 14.4 Å². The Hall–Kier alpha value is -1.66. The zero-order chi connectivity index (χ0) is 13.8. The number of ether oxygens (including phenoxy) is 2. The van der Waals surface area contributed by atoms with Crippen LogP contribution in [0.1, 0.15) is 18.4 Å². The molecule has 1 aromatic carbocycles. The number of non-ortho nitro benzene ring substituents is 1. The third-order valence-electron chi connectivity index (χ3n) is 3.48. The second-order valence-electron chi connectivity index (χ2n) is 4.66. The Morgan fingerprint density at radius 1 is 1.42 bits per heavy atom. The Labute approximate surface area is 111 Å². The lowest BCUT2D eigenvalue weighted by atomic mass is 9.89. The maximum Gasteiger partial charge on any atom is 0.270 e. The summed E-state index contributed by atoms with van der Waals surface area (Å²) in [5, 5.41) is 14.1. The molecule has 0 heterocycles. The molecule has 1 N–H and O–H groups in total. The number of rotatable bonds is 6. The summed E-state index contributed by atoms with van der Waals surface area (Å²) >= 11 is 0. The van der Waals surface area contributed by atoms with Gasteiger partial charge in [0, 0.05) is 37.4 Å². The van der Waals surface area contributed by atoms with E-state index >= 15 is 0 Å². The van der Waals surface area contributed by atoms with Gasteiger partial charge in [-0.1, -0.05) is 0 Å². The Kier molecular flexibility index (Phi) is 4.34.